The fraction of sp³-hybridized carbons (Fsp3) is 0.385. The number of nitrogens with zero attached hydrogens (tertiary/aromatic N) is 2. The molecule has 0 radical (unpaired) electrons. The maximum absolute atomic E-state index is 13.2. The molecular formula is C26H31FN4O5. The Hall–Kier alpha value is -3.79. The molecular weight excluding hydrogens is 467 g/mol. The number of ether oxygens (including phenoxy) is 3. The van der Waals surface area contributed by atoms with Gasteiger partial charge in [0.05, 0.1) is 32.0 Å². The molecule has 0 bridgehead atoms. The number of piperazine rings is 1. The van der Waals surface area contributed by atoms with Gasteiger partial charge in [0.2, 0.25) is 5.91 Å². The van der Waals surface area contributed by atoms with E-state index in [-0.39, 0.29) is 30.4 Å². The summed E-state index contributed by atoms with van der Waals surface area (Å²) < 4.78 is 29.1. The van der Waals surface area contributed by atoms with Crippen LogP contribution in [0.5, 0.6) is 11.5 Å². The Morgan fingerprint density at radius 3 is 2.33 bits per heavy atom. The zero-order chi connectivity index (χ0) is 25.7. The number of nitrogens with one attached hydrogen (secondary N) is 2. The van der Waals surface area contributed by atoms with Gasteiger partial charge in [0.1, 0.15) is 11.5 Å². The number of aromatic amines is 1. The van der Waals surface area contributed by atoms with Crippen LogP contribution < -0.4 is 19.7 Å². The molecule has 2 aromatic carbocycles. The number of rotatable bonds is 9. The molecule has 0 atom stereocenters. The summed E-state index contributed by atoms with van der Waals surface area (Å²) in [5.41, 5.74) is 2.13. The highest BCUT2D eigenvalue weighted by Crippen LogP contribution is 2.37. The van der Waals surface area contributed by atoms with Crippen LogP contribution in [-0.4, -0.2) is 75.3 Å². The highest BCUT2D eigenvalue weighted by molar-refractivity contribution is 6.11. The summed E-state index contributed by atoms with van der Waals surface area (Å²) in [6.45, 7) is 5.69. The first-order chi connectivity index (χ1) is 17.4. The minimum Gasteiger partial charge on any atom is -0.493 e. The minimum atomic E-state index is -0.557. The molecule has 192 valence electrons. The predicted octanol–water partition coefficient (Wildman–Crippen LogP) is 3.65. The van der Waals surface area contributed by atoms with Crippen LogP contribution in [0, 0.1) is 5.82 Å². The summed E-state index contributed by atoms with van der Waals surface area (Å²) in [6, 6.07) is 9.93. The highest BCUT2D eigenvalue weighted by Gasteiger charge is 2.23. The maximum Gasteiger partial charge on any atom is 0.356 e. The quantitative estimate of drug-likeness (QED) is 0.435. The first kappa shape index (κ1) is 25.3. The molecule has 2 N–H and O–H groups in total. The fourth-order valence-corrected chi connectivity index (χ4v) is 4.35. The molecule has 1 fully saturated rings. The molecule has 36 heavy (non-hydrogen) atoms. The van der Waals surface area contributed by atoms with Gasteiger partial charge in [-0.3, -0.25) is 9.69 Å². The summed E-state index contributed by atoms with van der Waals surface area (Å²) >= 11 is 0. The van der Waals surface area contributed by atoms with Gasteiger partial charge in [-0.25, -0.2) is 9.18 Å². The molecule has 1 aromatic heterocycles. The molecule has 9 nitrogen and oxygen atoms in total. The molecule has 0 unspecified atom stereocenters. The minimum absolute atomic E-state index is 0.170. The first-order valence-electron chi connectivity index (χ1n) is 11.9. The van der Waals surface area contributed by atoms with Crippen molar-refractivity contribution in [2.45, 2.75) is 13.3 Å². The fourth-order valence-electron chi connectivity index (χ4n) is 4.35. The second kappa shape index (κ2) is 11.3. The number of esters is 1. The summed E-state index contributed by atoms with van der Waals surface area (Å²) in [5.74, 6) is -0.0356. The molecule has 1 aliphatic heterocycles. The van der Waals surface area contributed by atoms with Gasteiger partial charge >= 0.3 is 5.97 Å². The number of amides is 1. The van der Waals surface area contributed by atoms with E-state index >= 15 is 0 Å². The zero-order valence-corrected chi connectivity index (χ0v) is 20.7. The van der Waals surface area contributed by atoms with Crippen molar-refractivity contribution in [2.24, 2.45) is 0 Å². The van der Waals surface area contributed by atoms with Crippen LogP contribution in [-0.2, 0) is 9.53 Å². The molecule has 1 amide bonds. The van der Waals surface area contributed by atoms with E-state index < -0.39 is 5.97 Å². The molecule has 1 aliphatic rings. The Morgan fingerprint density at radius 1 is 1.03 bits per heavy atom. The van der Waals surface area contributed by atoms with E-state index in [0.29, 0.717) is 34.6 Å². The molecule has 10 heteroatoms. The molecule has 0 saturated carbocycles. The lowest BCUT2D eigenvalue weighted by atomic mass is 10.2. The van der Waals surface area contributed by atoms with Crippen molar-refractivity contribution in [1.29, 1.82) is 0 Å². The lowest BCUT2D eigenvalue weighted by molar-refractivity contribution is -0.116. The number of methoxy groups -OCH3 is 2. The van der Waals surface area contributed by atoms with E-state index in [9.17, 15) is 14.0 Å². The zero-order valence-electron chi connectivity index (χ0n) is 20.7. The SMILES string of the molecule is CCOC(=O)c1[nH]c2cc(OC)c(OC)cc2c1NC(=O)CCN1CCN(c2ccc(F)cc2)CC1. The van der Waals surface area contributed by atoms with Crippen molar-refractivity contribution in [3.63, 3.8) is 0 Å². The number of anilines is 2. The van der Waals surface area contributed by atoms with E-state index in [1.165, 1.54) is 26.4 Å². The molecule has 2 heterocycles. The Labute approximate surface area is 209 Å². The van der Waals surface area contributed by atoms with Crippen LogP contribution in [0.1, 0.15) is 23.8 Å². The summed E-state index contributed by atoms with van der Waals surface area (Å²) in [7, 11) is 3.05. The molecule has 1 saturated heterocycles. The number of fused-ring (bicyclic) bond motifs is 1. The van der Waals surface area contributed by atoms with Gasteiger partial charge in [0, 0.05) is 56.3 Å². The van der Waals surface area contributed by atoms with Crippen molar-refractivity contribution in [2.75, 3.05) is 63.8 Å². The average Bonchev–Trinajstić information content (AvgIpc) is 3.24. The average molecular weight is 499 g/mol. The van der Waals surface area contributed by atoms with Gasteiger partial charge in [-0.05, 0) is 37.3 Å². The molecule has 3 aromatic rings. The smallest absolute Gasteiger partial charge is 0.356 e. The van der Waals surface area contributed by atoms with E-state index in [4.69, 9.17) is 14.2 Å². The van der Waals surface area contributed by atoms with E-state index in [0.717, 1.165) is 31.9 Å². The number of aromatic nitrogens is 1. The molecule has 0 spiro atoms. The number of halogens is 1. The van der Waals surface area contributed by atoms with Gasteiger partial charge in [-0.2, -0.15) is 0 Å². The third-order valence-electron chi connectivity index (χ3n) is 6.27. The predicted molar refractivity (Wildman–Crippen MR) is 136 cm³/mol. The maximum atomic E-state index is 13.2. The van der Waals surface area contributed by atoms with Crippen LogP contribution in [0.25, 0.3) is 10.9 Å². The second-order valence-electron chi connectivity index (χ2n) is 8.45. The van der Waals surface area contributed by atoms with Crippen molar-refractivity contribution in [3.8, 4) is 11.5 Å². The largest absolute Gasteiger partial charge is 0.493 e. The monoisotopic (exact) mass is 498 g/mol. The number of benzene rings is 2. The normalized spacial score (nSPS) is 14.1. The summed E-state index contributed by atoms with van der Waals surface area (Å²) in [5, 5.41) is 3.52. The third-order valence-corrected chi connectivity index (χ3v) is 6.27. The van der Waals surface area contributed by atoms with Crippen molar-refractivity contribution >= 4 is 34.2 Å². The summed E-state index contributed by atoms with van der Waals surface area (Å²) in [6.07, 6.45) is 0.263. The topological polar surface area (TPSA) is 96.1 Å². The van der Waals surface area contributed by atoms with Crippen molar-refractivity contribution < 1.29 is 28.2 Å². The van der Waals surface area contributed by atoms with E-state index in [2.05, 4.69) is 20.1 Å². The Kier molecular flexibility index (Phi) is 7.94. The van der Waals surface area contributed by atoms with E-state index in [1.54, 1.807) is 31.2 Å². The van der Waals surface area contributed by atoms with Crippen LogP contribution in [0.2, 0.25) is 0 Å². The van der Waals surface area contributed by atoms with Gasteiger partial charge in [-0.1, -0.05) is 0 Å². The van der Waals surface area contributed by atoms with Crippen LogP contribution in [0.4, 0.5) is 15.8 Å². The second-order valence-corrected chi connectivity index (χ2v) is 8.45. The van der Waals surface area contributed by atoms with E-state index in [1.807, 2.05) is 0 Å². The Bertz CT molecular complexity index is 1220. The standard InChI is InChI=1S/C26H31FN4O5/c1-4-36-26(33)25-24(19-15-21(34-2)22(35-3)16-20(19)28-25)29-23(32)9-10-30-11-13-31(14-12-30)18-7-5-17(27)6-8-18/h5-8,15-16,28H,4,9-14H2,1-3H3,(H,29,32). The van der Waals surface area contributed by atoms with Crippen LogP contribution in [0.3, 0.4) is 0 Å². The van der Waals surface area contributed by atoms with Crippen molar-refractivity contribution in [1.82, 2.24) is 9.88 Å². The van der Waals surface area contributed by atoms with Crippen LogP contribution in [0.15, 0.2) is 36.4 Å². The van der Waals surface area contributed by atoms with Crippen LogP contribution >= 0.6 is 0 Å². The molecule has 0 aliphatic carbocycles. The highest BCUT2D eigenvalue weighted by atomic mass is 19.1. The number of H-pyrrole nitrogens is 1. The van der Waals surface area contributed by atoms with Crippen molar-refractivity contribution in [3.05, 3.63) is 47.9 Å². The lowest BCUT2D eigenvalue weighted by Gasteiger charge is -2.36. The van der Waals surface area contributed by atoms with Gasteiger partial charge in [0.15, 0.2) is 11.5 Å². The van der Waals surface area contributed by atoms with Gasteiger partial charge in [0.25, 0.3) is 0 Å². The lowest BCUT2D eigenvalue weighted by Crippen LogP contribution is -2.47. The number of carbonyl (C=O) groups is 2. The first-order valence-corrected chi connectivity index (χ1v) is 11.9. The number of hydrogen-bond donors (Lipinski definition) is 2. The Balaban J connectivity index is 1.42. The third kappa shape index (κ3) is 5.54. The number of hydrogen-bond acceptors (Lipinski definition) is 7. The number of carbonyl (C=O) groups excluding carboxylic acids is 2. The molecule has 4 rings (SSSR count). The Morgan fingerprint density at radius 2 is 1.69 bits per heavy atom. The van der Waals surface area contributed by atoms with Gasteiger partial charge < -0.3 is 29.4 Å². The van der Waals surface area contributed by atoms with Gasteiger partial charge in [-0.15, -0.1) is 0 Å². The summed E-state index contributed by atoms with van der Waals surface area (Å²) in [4.78, 5) is 33.0.